The van der Waals surface area contributed by atoms with Crippen molar-refractivity contribution in [3.8, 4) is 0 Å². The Hall–Kier alpha value is -1.35. The number of piperidine rings is 1. The summed E-state index contributed by atoms with van der Waals surface area (Å²) in [7, 11) is 0. The number of aromatic amines is 1. The van der Waals surface area contributed by atoms with Gasteiger partial charge in [-0.2, -0.15) is 0 Å². The van der Waals surface area contributed by atoms with Crippen LogP contribution in [-0.4, -0.2) is 22.1 Å². The summed E-state index contributed by atoms with van der Waals surface area (Å²) in [5, 5.41) is 5.03. The van der Waals surface area contributed by atoms with Crippen molar-refractivity contribution in [2.75, 3.05) is 0 Å². The van der Waals surface area contributed by atoms with Crippen LogP contribution in [0.15, 0.2) is 24.5 Å². The molecule has 2 fully saturated rings. The number of H-pyrrole nitrogens is 1. The molecule has 2 unspecified atom stereocenters. The van der Waals surface area contributed by atoms with Gasteiger partial charge in [0.1, 0.15) is 5.65 Å². The van der Waals surface area contributed by atoms with Gasteiger partial charge in [-0.1, -0.05) is 0 Å². The Morgan fingerprint density at radius 3 is 2.83 bits per heavy atom. The van der Waals surface area contributed by atoms with Crippen molar-refractivity contribution in [2.24, 2.45) is 5.92 Å². The van der Waals surface area contributed by atoms with Gasteiger partial charge in [0.25, 0.3) is 0 Å². The minimum atomic E-state index is 0.789. The first kappa shape index (κ1) is 10.6. The van der Waals surface area contributed by atoms with Crippen molar-refractivity contribution < 1.29 is 0 Å². The van der Waals surface area contributed by atoms with E-state index in [1.54, 1.807) is 0 Å². The van der Waals surface area contributed by atoms with Gasteiger partial charge in [0.2, 0.25) is 0 Å². The summed E-state index contributed by atoms with van der Waals surface area (Å²) in [5.41, 5.74) is 2.50. The van der Waals surface area contributed by atoms with Crippen molar-refractivity contribution >= 4 is 11.0 Å². The Labute approximate surface area is 107 Å². The number of hydrogen-bond acceptors (Lipinski definition) is 2. The predicted molar refractivity (Wildman–Crippen MR) is 72.5 cm³/mol. The van der Waals surface area contributed by atoms with Gasteiger partial charge in [-0.3, -0.25) is 0 Å². The molecule has 2 saturated heterocycles. The second kappa shape index (κ2) is 4.09. The highest BCUT2D eigenvalue weighted by atomic mass is 15.0. The van der Waals surface area contributed by atoms with Crippen LogP contribution in [0.4, 0.5) is 0 Å². The Morgan fingerprint density at radius 2 is 2.00 bits per heavy atom. The fourth-order valence-corrected chi connectivity index (χ4v) is 3.85. The molecule has 4 rings (SSSR count). The first-order valence-electron chi connectivity index (χ1n) is 7.05. The summed E-state index contributed by atoms with van der Waals surface area (Å²) in [6.45, 7) is 0. The predicted octanol–water partition coefficient (Wildman–Crippen LogP) is 2.64. The summed E-state index contributed by atoms with van der Waals surface area (Å²) >= 11 is 0. The Kier molecular flexibility index (Phi) is 2.40. The molecule has 94 valence electrons. The van der Waals surface area contributed by atoms with E-state index in [-0.39, 0.29) is 0 Å². The molecule has 2 atom stereocenters. The van der Waals surface area contributed by atoms with E-state index >= 15 is 0 Å². The molecule has 2 aliphatic rings. The maximum Gasteiger partial charge on any atom is 0.137 e. The molecule has 2 aromatic rings. The van der Waals surface area contributed by atoms with Crippen LogP contribution >= 0.6 is 0 Å². The van der Waals surface area contributed by atoms with E-state index in [1.807, 2.05) is 12.4 Å². The molecule has 2 aromatic heterocycles. The SMILES string of the molecule is c1cc(CC2CC3CCC(C2)N3)c2cc[nH]c2n1. The first-order chi connectivity index (χ1) is 8.88. The summed E-state index contributed by atoms with van der Waals surface area (Å²) < 4.78 is 0. The lowest BCUT2D eigenvalue weighted by molar-refractivity contribution is 0.299. The zero-order valence-electron chi connectivity index (χ0n) is 10.5. The molecule has 4 heterocycles. The largest absolute Gasteiger partial charge is 0.346 e. The molecule has 0 aromatic carbocycles. The average Bonchev–Trinajstić information content (AvgIpc) is 2.97. The molecule has 0 radical (unpaired) electrons. The lowest BCUT2D eigenvalue weighted by Gasteiger charge is -2.29. The van der Waals surface area contributed by atoms with Crippen LogP contribution in [0, 0.1) is 5.92 Å². The van der Waals surface area contributed by atoms with Crippen LogP contribution in [0.3, 0.4) is 0 Å². The van der Waals surface area contributed by atoms with Crippen LogP contribution < -0.4 is 5.32 Å². The molecular formula is C15H19N3. The first-order valence-corrected chi connectivity index (χ1v) is 7.05. The second-order valence-electron chi connectivity index (χ2n) is 5.89. The van der Waals surface area contributed by atoms with Crippen molar-refractivity contribution in [1.29, 1.82) is 0 Å². The van der Waals surface area contributed by atoms with E-state index in [1.165, 1.54) is 43.1 Å². The van der Waals surface area contributed by atoms with E-state index in [0.29, 0.717) is 0 Å². The molecule has 0 amide bonds. The van der Waals surface area contributed by atoms with Gasteiger partial charge in [0.15, 0.2) is 0 Å². The van der Waals surface area contributed by atoms with Crippen LogP contribution in [0.2, 0.25) is 0 Å². The standard InChI is InChI=1S/C15H19N3/c1-2-13-9-10(8-12(1)18-13)7-11-3-5-16-15-14(11)4-6-17-15/h3-6,10,12-13,18H,1-2,7-9H2,(H,16,17). The topological polar surface area (TPSA) is 40.7 Å². The smallest absolute Gasteiger partial charge is 0.137 e. The number of pyridine rings is 1. The molecule has 0 aliphatic carbocycles. The lowest BCUT2D eigenvalue weighted by Crippen LogP contribution is -2.38. The van der Waals surface area contributed by atoms with E-state index in [9.17, 15) is 0 Å². The van der Waals surface area contributed by atoms with Gasteiger partial charge in [-0.15, -0.1) is 0 Å². The molecule has 2 N–H and O–H groups in total. The Balaban J connectivity index is 1.59. The minimum Gasteiger partial charge on any atom is -0.346 e. The summed E-state index contributed by atoms with van der Waals surface area (Å²) in [4.78, 5) is 7.57. The minimum absolute atomic E-state index is 0.789. The zero-order chi connectivity index (χ0) is 11.9. The van der Waals surface area contributed by atoms with Gasteiger partial charge >= 0.3 is 0 Å². The third kappa shape index (κ3) is 1.74. The van der Waals surface area contributed by atoms with Gasteiger partial charge in [-0.25, -0.2) is 4.98 Å². The van der Waals surface area contributed by atoms with Crippen molar-refractivity contribution in [3.63, 3.8) is 0 Å². The normalized spacial score (nSPS) is 31.0. The Bertz CT molecular complexity index is 548. The van der Waals surface area contributed by atoms with Crippen LogP contribution in [0.5, 0.6) is 0 Å². The average molecular weight is 241 g/mol. The van der Waals surface area contributed by atoms with Crippen molar-refractivity contribution in [1.82, 2.24) is 15.3 Å². The number of aromatic nitrogens is 2. The zero-order valence-corrected chi connectivity index (χ0v) is 10.5. The lowest BCUT2D eigenvalue weighted by atomic mass is 9.86. The number of nitrogens with zero attached hydrogens (tertiary/aromatic N) is 1. The molecule has 0 spiro atoms. The highest BCUT2D eigenvalue weighted by Gasteiger charge is 2.33. The number of fused-ring (bicyclic) bond motifs is 3. The van der Waals surface area contributed by atoms with E-state index in [4.69, 9.17) is 0 Å². The van der Waals surface area contributed by atoms with Gasteiger partial charge in [-0.05, 0) is 55.7 Å². The summed E-state index contributed by atoms with van der Waals surface area (Å²) in [6.07, 6.45) is 10.6. The molecule has 3 heteroatoms. The quantitative estimate of drug-likeness (QED) is 0.848. The van der Waals surface area contributed by atoms with Crippen molar-refractivity contribution in [3.05, 3.63) is 30.1 Å². The molecule has 3 nitrogen and oxygen atoms in total. The highest BCUT2D eigenvalue weighted by Crippen LogP contribution is 2.33. The fourth-order valence-electron chi connectivity index (χ4n) is 3.85. The van der Waals surface area contributed by atoms with Gasteiger partial charge in [0, 0.05) is 29.9 Å². The third-order valence-electron chi connectivity index (χ3n) is 4.63. The molecular weight excluding hydrogens is 222 g/mol. The third-order valence-corrected chi connectivity index (χ3v) is 4.63. The molecule has 2 bridgehead atoms. The van der Waals surface area contributed by atoms with Gasteiger partial charge in [0.05, 0.1) is 0 Å². The highest BCUT2D eigenvalue weighted by molar-refractivity contribution is 5.79. The fraction of sp³-hybridized carbons (Fsp3) is 0.533. The van der Waals surface area contributed by atoms with E-state index in [2.05, 4.69) is 27.4 Å². The molecule has 0 saturated carbocycles. The van der Waals surface area contributed by atoms with Gasteiger partial charge < -0.3 is 10.3 Å². The maximum atomic E-state index is 4.37. The Morgan fingerprint density at radius 1 is 1.17 bits per heavy atom. The summed E-state index contributed by atoms with van der Waals surface area (Å²) in [5.74, 6) is 0.851. The molecule has 18 heavy (non-hydrogen) atoms. The van der Waals surface area contributed by atoms with E-state index in [0.717, 1.165) is 23.6 Å². The second-order valence-corrected chi connectivity index (χ2v) is 5.89. The van der Waals surface area contributed by atoms with Crippen LogP contribution in [0.1, 0.15) is 31.2 Å². The summed E-state index contributed by atoms with van der Waals surface area (Å²) in [6, 6.07) is 5.93. The van der Waals surface area contributed by atoms with Crippen LogP contribution in [0.25, 0.3) is 11.0 Å². The maximum absolute atomic E-state index is 4.37. The number of rotatable bonds is 2. The van der Waals surface area contributed by atoms with Crippen LogP contribution in [-0.2, 0) is 6.42 Å². The monoisotopic (exact) mass is 241 g/mol. The molecule has 2 aliphatic heterocycles. The number of hydrogen-bond donors (Lipinski definition) is 2. The van der Waals surface area contributed by atoms with E-state index < -0.39 is 0 Å². The number of nitrogens with one attached hydrogen (secondary N) is 2. The van der Waals surface area contributed by atoms with Crippen molar-refractivity contribution in [2.45, 2.75) is 44.2 Å².